The maximum absolute atomic E-state index is 11.2. The zero-order chi connectivity index (χ0) is 12.0. The maximum atomic E-state index is 11.2. The SMILES string of the molecule is CCC(=O)Nc1ccc(C#CCO)c(C)c1. The van der Waals surface area contributed by atoms with Gasteiger partial charge in [0, 0.05) is 17.7 Å². The molecule has 3 heteroatoms. The highest BCUT2D eigenvalue weighted by Crippen LogP contribution is 2.14. The number of aliphatic hydroxyl groups is 1. The lowest BCUT2D eigenvalue weighted by molar-refractivity contribution is -0.115. The van der Waals surface area contributed by atoms with E-state index >= 15 is 0 Å². The predicted octanol–water partition coefficient (Wildman–Crippen LogP) is 1.69. The van der Waals surface area contributed by atoms with Crippen molar-refractivity contribution in [3.8, 4) is 11.8 Å². The lowest BCUT2D eigenvalue weighted by Gasteiger charge is -2.05. The molecule has 0 bridgehead atoms. The van der Waals surface area contributed by atoms with Crippen LogP contribution >= 0.6 is 0 Å². The third-order valence-electron chi connectivity index (χ3n) is 2.13. The van der Waals surface area contributed by atoms with Gasteiger partial charge in [-0.25, -0.2) is 0 Å². The molecule has 0 saturated carbocycles. The summed E-state index contributed by atoms with van der Waals surface area (Å²) >= 11 is 0. The van der Waals surface area contributed by atoms with Crippen molar-refractivity contribution in [3.05, 3.63) is 29.3 Å². The Morgan fingerprint density at radius 3 is 2.81 bits per heavy atom. The van der Waals surface area contributed by atoms with Gasteiger partial charge in [-0.3, -0.25) is 4.79 Å². The average molecular weight is 217 g/mol. The maximum Gasteiger partial charge on any atom is 0.224 e. The number of hydrogen-bond acceptors (Lipinski definition) is 2. The molecule has 3 nitrogen and oxygen atoms in total. The number of aryl methyl sites for hydroxylation is 1. The molecular weight excluding hydrogens is 202 g/mol. The molecule has 0 fully saturated rings. The molecule has 16 heavy (non-hydrogen) atoms. The van der Waals surface area contributed by atoms with Gasteiger partial charge in [-0.15, -0.1) is 0 Å². The van der Waals surface area contributed by atoms with Crippen LogP contribution in [0.1, 0.15) is 24.5 Å². The van der Waals surface area contributed by atoms with Crippen LogP contribution in [-0.4, -0.2) is 17.6 Å². The summed E-state index contributed by atoms with van der Waals surface area (Å²) in [5.74, 6) is 5.43. The molecule has 0 aromatic heterocycles. The zero-order valence-corrected chi connectivity index (χ0v) is 9.50. The van der Waals surface area contributed by atoms with E-state index in [4.69, 9.17) is 5.11 Å². The summed E-state index contributed by atoms with van der Waals surface area (Å²) in [4.78, 5) is 11.2. The topological polar surface area (TPSA) is 49.3 Å². The smallest absolute Gasteiger partial charge is 0.224 e. The molecule has 0 radical (unpaired) electrons. The van der Waals surface area contributed by atoms with Gasteiger partial charge in [0.1, 0.15) is 6.61 Å². The first-order valence-electron chi connectivity index (χ1n) is 5.17. The van der Waals surface area contributed by atoms with E-state index < -0.39 is 0 Å². The molecule has 0 aliphatic heterocycles. The van der Waals surface area contributed by atoms with Crippen LogP contribution < -0.4 is 5.32 Å². The zero-order valence-electron chi connectivity index (χ0n) is 9.50. The van der Waals surface area contributed by atoms with Crippen molar-refractivity contribution in [1.82, 2.24) is 0 Å². The molecule has 1 aromatic rings. The molecule has 2 N–H and O–H groups in total. The highest BCUT2D eigenvalue weighted by atomic mass is 16.2. The number of carbonyl (C=O) groups excluding carboxylic acids is 1. The third-order valence-corrected chi connectivity index (χ3v) is 2.13. The van der Waals surface area contributed by atoms with Gasteiger partial charge in [-0.2, -0.15) is 0 Å². The molecule has 1 rings (SSSR count). The van der Waals surface area contributed by atoms with Crippen molar-refractivity contribution in [2.24, 2.45) is 0 Å². The van der Waals surface area contributed by atoms with E-state index in [-0.39, 0.29) is 12.5 Å². The Bertz CT molecular complexity index is 441. The first kappa shape index (κ1) is 12.3. The Hall–Kier alpha value is -1.79. The Labute approximate surface area is 95.5 Å². The van der Waals surface area contributed by atoms with Crippen LogP contribution in [0.25, 0.3) is 0 Å². The van der Waals surface area contributed by atoms with E-state index in [1.54, 1.807) is 0 Å². The quantitative estimate of drug-likeness (QED) is 0.740. The van der Waals surface area contributed by atoms with E-state index in [0.717, 1.165) is 16.8 Å². The first-order chi connectivity index (χ1) is 7.67. The van der Waals surface area contributed by atoms with Gasteiger partial charge in [-0.1, -0.05) is 18.8 Å². The number of nitrogens with one attached hydrogen (secondary N) is 1. The van der Waals surface area contributed by atoms with Gasteiger partial charge in [0.05, 0.1) is 0 Å². The van der Waals surface area contributed by atoms with Crippen molar-refractivity contribution in [2.45, 2.75) is 20.3 Å². The monoisotopic (exact) mass is 217 g/mol. The molecule has 1 aromatic carbocycles. The number of benzene rings is 1. The second kappa shape index (κ2) is 5.94. The van der Waals surface area contributed by atoms with Gasteiger partial charge >= 0.3 is 0 Å². The predicted molar refractivity (Wildman–Crippen MR) is 64.1 cm³/mol. The van der Waals surface area contributed by atoms with Crippen LogP contribution in [0.15, 0.2) is 18.2 Å². The fourth-order valence-corrected chi connectivity index (χ4v) is 1.27. The van der Waals surface area contributed by atoms with Gasteiger partial charge < -0.3 is 10.4 Å². The molecule has 1 amide bonds. The van der Waals surface area contributed by atoms with Crippen LogP contribution in [0, 0.1) is 18.8 Å². The largest absolute Gasteiger partial charge is 0.384 e. The average Bonchev–Trinajstić information content (AvgIpc) is 2.28. The molecule has 84 valence electrons. The van der Waals surface area contributed by atoms with Gasteiger partial charge in [-0.05, 0) is 30.7 Å². The minimum absolute atomic E-state index is 0.00593. The van der Waals surface area contributed by atoms with Gasteiger partial charge in [0.15, 0.2) is 0 Å². The Balaban J connectivity index is 2.86. The van der Waals surface area contributed by atoms with Gasteiger partial charge in [0.25, 0.3) is 0 Å². The molecule has 0 heterocycles. The molecule has 0 atom stereocenters. The summed E-state index contributed by atoms with van der Waals surface area (Å²) in [7, 11) is 0. The standard InChI is InChI=1S/C13H15NO2/c1-3-13(16)14-12-7-6-11(5-4-8-15)10(2)9-12/h6-7,9,15H,3,8H2,1-2H3,(H,14,16). The Morgan fingerprint density at radius 1 is 1.50 bits per heavy atom. The van der Waals surface area contributed by atoms with Crippen molar-refractivity contribution >= 4 is 11.6 Å². The van der Waals surface area contributed by atoms with E-state index in [2.05, 4.69) is 17.2 Å². The minimum atomic E-state index is -0.145. The number of anilines is 1. The highest BCUT2D eigenvalue weighted by Gasteiger charge is 2.00. The number of hydrogen-bond donors (Lipinski definition) is 2. The number of amides is 1. The van der Waals surface area contributed by atoms with Crippen LogP contribution in [0.5, 0.6) is 0 Å². The summed E-state index contributed by atoms with van der Waals surface area (Å²) in [6.07, 6.45) is 0.463. The van der Waals surface area contributed by atoms with E-state index in [0.29, 0.717) is 6.42 Å². The lowest BCUT2D eigenvalue weighted by atomic mass is 10.1. The van der Waals surface area contributed by atoms with Gasteiger partial charge in [0.2, 0.25) is 5.91 Å². The van der Waals surface area contributed by atoms with Crippen molar-refractivity contribution in [3.63, 3.8) is 0 Å². The lowest BCUT2D eigenvalue weighted by Crippen LogP contribution is -2.09. The molecule has 0 spiro atoms. The van der Waals surface area contributed by atoms with E-state index in [9.17, 15) is 4.79 Å². The molecule has 0 aliphatic rings. The Morgan fingerprint density at radius 2 is 2.25 bits per heavy atom. The number of aliphatic hydroxyl groups excluding tert-OH is 1. The molecule has 0 saturated heterocycles. The van der Waals surface area contributed by atoms with Crippen LogP contribution in [0.3, 0.4) is 0 Å². The van der Waals surface area contributed by atoms with Crippen LogP contribution in [0.4, 0.5) is 5.69 Å². The van der Waals surface area contributed by atoms with E-state index in [1.165, 1.54) is 0 Å². The fraction of sp³-hybridized carbons (Fsp3) is 0.308. The van der Waals surface area contributed by atoms with Crippen molar-refractivity contribution < 1.29 is 9.90 Å². The van der Waals surface area contributed by atoms with Crippen LogP contribution in [0.2, 0.25) is 0 Å². The van der Waals surface area contributed by atoms with E-state index in [1.807, 2.05) is 32.0 Å². The summed E-state index contributed by atoms with van der Waals surface area (Å²) < 4.78 is 0. The van der Waals surface area contributed by atoms with Crippen molar-refractivity contribution in [2.75, 3.05) is 11.9 Å². The van der Waals surface area contributed by atoms with Crippen LogP contribution in [-0.2, 0) is 4.79 Å². The third kappa shape index (κ3) is 3.41. The minimum Gasteiger partial charge on any atom is -0.384 e. The molecule has 0 unspecified atom stereocenters. The summed E-state index contributed by atoms with van der Waals surface area (Å²) in [6.45, 7) is 3.58. The molecule has 0 aliphatic carbocycles. The Kier molecular flexibility index (Phi) is 4.56. The molecular formula is C13H15NO2. The number of carbonyl (C=O) groups is 1. The second-order valence-corrected chi connectivity index (χ2v) is 3.39. The van der Waals surface area contributed by atoms with Crippen molar-refractivity contribution in [1.29, 1.82) is 0 Å². The summed E-state index contributed by atoms with van der Waals surface area (Å²) in [5.41, 5.74) is 2.62. The normalized spacial score (nSPS) is 9.19. The first-order valence-corrected chi connectivity index (χ1v) is 5.17. The second-order valence-electron chi connectivity index (χ2n) is 3.39. The summed E-state index contributed by atoms with van der Waals surface area (Å²) in [5, 5.41) is 11.4. The number of rotatable bonds is 2. The fourth-order valence-electron chi connectivity index (χ4n) is 1.27. The highest BCUT2D eigenvalue weighted by molar-refractivity contribution is 5.90. The summed E-state index contributed by atoms with van der Waals surface area (Å²) in [6, 6.07) is 5.51.